The average molecular weight is 376 g/mol. The number of ether oxygens (including phenoxy) is 2. The van der Waals surface area contributed by atoms with Crippen LogP contribution >= 0.6 is 23.2 Å². The quantitative estimate of drug-likeness (QED) is 0.537. The van der Waals surface area contributed by atoms with Crippen molar-refractivity contribution in [3.63, 3.8) is 0 Å². The highest BCUT2D eigenvalue weighted by atomic mass is 35.5. The minimum Gasteiger partial charge on any atom is -0.494 e. The molecule has 0 bridgehead atoms. The van der Waals surface area contributed by atoms with Crippen molar-refractivity contribution in [2.75, 3.05) is 6.61 Å². The average Bonchev–Trinajstić information content (AvgIpc) is 2.94. The highest BCUT2D eigenvalue weighted by Crippen LogP contribution is 2.26. The second kappa shape index (κ2) is 7.72. The Morgan fingerprint density at radius 2 is 1.92 bits per heavy atom. The van der Waals surface area contributed by atoms with Crippen LogP contribution in [0.2, 0.25) is 10.0 Å². The molecule has 0 aliphatic carbocycles. The SMILES string of the molecule is CCCOc1ccc(/C=C2\N=C(c3ccc(Cl)cc3Cl)OC2=O)cc1. The first-order valence-electron chi connectivity index (χ1n) is 7.77. The number of nitrogens with zero attached hydrogens (tertiary/aromatic N) is 1. The maximum Gasteiger partial charge on any atom is 0.363 e. The topological polar surface area (TPSA) is 47.9 Å². The Balaban J connectivity index is 1.83. The lowest BCUT2D eigenvalue weighted by Crippen LogP contribution is -2.05. The number of rotatable bonds is 5. The van der Waals surface area contributed by atoms with Gasteiger partial charge in [0.05, 0.1) is 17.2 Å². The second-order valence-electron chi connectivity index (χ2n) is 5.38. The molecule has 0 atom stereocenters. The monoisotopic (exact) mass is 375 g/mol. The first-order valence-corrected chi connectivity index (χ1v) is 8.53. The molecule has 1 heterocycles. The van der Waals surface area contributed by atoms with Crippen molar-refractivity contribution in [3.05, 3.63) is 69.3 Å². The lowest BCUT2D eigenvalue weighted by molar-refractivity contribution is -0.129. The molecule has 0 saturated heterocycles. The van der Waals surface area contributed by atoms with Gasteiger partial charge < -0.3 is 9.47 Å². The third kappa shape index (κ3) is 4.21. The summed E-state index contributed by atoms with van der Waals surface area (Å²) in [6.45, 7) is 2.72. The molecule has 0 N–H and O–H groups in total. The summed E-state index contributed by atoms with van der Waals surface area (Å²) >= 11 is 12.0. The maximum absolute atomic E-state index is 12.0. The predicted molar refractivity (Wildman–Crippen MR) is 99.3 cm³/mol. The Morgan fingerprint density at radius 1 is 1.16 bits per heavy atom. The summed E-state index contributed by atoms with van der Waals surface area (Å²) in [6.07, 6.45) is 2.60. The summed E-state index contributed by atoms with van der Waals surface area (Å²) in [5.74, 6) is 0.434. The molecular formula is C19H15Cl2NO3. The minimum absolute atomic E-state index is 0.167. The zero-order chi connectivity index (χ0) is 17.8. The van der Waals surface area contributed by atoms with Gasteiger partial charge in [-0.05, 0) is 48.4 Å². The fourth-order valence-electron chi connectivity index (χ4n) is 2.23. The number of hydrogen-bond donors (Lipinski definition) is 0. The van der Waals surface area contributed by atoms with Gasteiger partial charge in [0, 0.05) is 5.02 Å². The summed E-state index contributed by atoms with van der Waals surface area (Å²) < 4.78 is 10.8. The molecular weight excluding hydrogens is 361 g/mol. The van der Waals surface area contributed by atoms with Gasteiger partial charge >= 0.3 is 5.97 Å². The van der Waals surface area contributed by atoms with Crippen molar-refractivity contribution in [3.8, 4) is 5.75 Å². The lowest BCUT2D eigenvalue weighted by atomic mass is 10.2. The van der Waals surface area contributed by atoms with Gasteiger partial charge in [0.1, 0.15) is 5.75 Å². The van der Waals surface area contributed by atoms with E-state index in [0.29, 0.717) is 22.2 Å². The van der Waals surface area contributed by atoms with E-state index in [1.54, 1.807) is 24.3 Å². The largest absolute Gasteiger partial charge is 0.494 e. The Kier molecular flexibility index (Phi) is 5.41. The number of cyclic esters (lactones) is 1. The summed E-state index contributed by atoms with van der Waals surface area (Å²) in [5, 5.41) is 0.873. The van der Waals surface area contributed by atoms with Crippen LogP contribution in [0.1, 0.15) is 24.5 Å². The summed E-state index contributed by atoms with van der Waals surface area (Å²) in [7, 11) is 0. The Morgan fingerprint density at radius 3 is 2.60 bits per heavy atom. The van der Waals surface area contributed by atoms with Crippen molar-refractivity contribution in [2.45, 2.75) is 13.3 Å². The molecule has 2 aromatic rings. The highest BCUT2D eigenvalue weighted by Gasteiger charge is 2.25. The zero-order valence-corrected chi connectivity index (χ0v) is 15.0. The number of benzene rings is 2. The molecule has 0 unspecified atom stereocenters. The third-order valence-corrected chi connectivity index (χ3v) is 3.99. The second-order valence-corrected chi connectivity index (χ2v) is 6.22. The van der Waals surface area contributed by atoms with E-state index in [9.17, 15) is 4.79 Å². The number of esters is 1. The zero-order valence-electron chi connectivity index (χ0n) is 13.5. The van der Waals surface area contributed by atoms with E-state index >= 15 is 0 Å². The first kappa shape index (κ1) is 17.5. The smallest absolute Gasteiger partial charge is 0.363 e. The van der Waals surface area contributed by atoms with Crippen LogP contribution in [-0.2, 0) is 9.53 Å². The molecule has 0 saturated carbocycles. The van der Waals surface area contributed by atoms with Gasteiger partial charge in [0.15, 0.2) is 5.70 Å². The van der Waals surface area contributed by atoms with Crippen molar-refractivity contribution >= 4 is 41.1 Å². The molecule has 0 amide bonds. The number of carbonyl (C=O) groups excluding carboxylic acids is 1. The molecule has 6 heteroatoms. The number of carbonyl (C=O) groups is 1. The Labute approximate surface area is 155 Å². The van der Waals surface area contributed by atoms with E-state index in [4.69, 9.17) is 32.7 Å². The summed E-state index contributed by atoms with van der Waals surface area (Å²) in [5.41, 5.74) is 1.55. The molecule has 0 spiro atoms. The first-order chi connectivity index (χ1) is 12.1. The molecule has 0 aromatic heterocycles. The molecule has 128 valence electrons. The van der Waals surface area contributed by atoms with Gasteiger partial charge in [-0.15, -0.1) is 0 Å². The Bertz CT molecular complexity index is 857. The van der Waals surface area contributed by atoms with E-state index < -0.39 is 5.97 Å². The van der Waals surface area contributed by atoms with Gasteiger partial charge in [0.25, 0.3) is 0 Å². The molecule has 4 nitrogen and oxygen atoms in total. The van der Waals surface area contributed by atoms with Crippen LogP contribution < -0.4 is 4.74 Å². The van der Waals surface area contributed by atoms with Gasteiger partial charge in [0.2, 0.25) is 5.90 Å². The van der Waals surface area contributed by atoms with Crippen molar-refractivity contribution in [1.82, 2.24) is 0 Å². The fourth-order valence-corrected chi connectivity index (χ4v) is 2.71. The number of halogens is 2. The van der Waals surface area contributed by atoms with Crippen LogP contribution in [-0.4, -0.2) is 18.5 Å². The van der Waals surface area contributed by atoms with Crippen LogP contribution in [0.25, 0.3) is 6.08 Å². The van der Waals surface area contributed by atoms with Crippen molar-refractivity contribution < 1.29 is 14.3 Å². The van der Waals surface area contributed by atoms with Crippen molar-refractivity contribution in [1.29, 1.82) is 0 Å². The highest BCUT2D eigenvalue weighted by molar-refractivity contribution is 6.37. The predicted octanol–water partition coefficient (Wildman–Crippen LogP) is 5.13. The molecule has 3 rings (SSSR count). The summed E-state index contributed by atoms with van der Waals surface area (Å²) in [4.78, 5) is 16.3. The summed E-state index contributed by atoms with van der Waals surface area (Å²) in [6, 6.07) is 12.3. The normalized spacial score (nSPS) is 15.2. The van der Waals surface area contributed by atoms with Crippen LogP contribution in [0.5, 0.6) is 5.75 Å². The number of aliphatic imine (C=N–C) groups is 1. The van der Waals surface area contributed by atoms with E-state index in [1.165, 1.54) is 0 Å². The van der Waals surface area contributed by atoms with Crippen molar-refractivity contribution in [2.24, 2.45) is 4.99 Å². The molecule has 1 aliphatic rings. The Hall–Kier alpha value is -2.30. The molecule has 25 heavy (non-hydrogen) atoms. The van der Waals surface area contributed by atoms with E-state index in [0.717, 1.165) is 17.7 Å². The van der Waals surface area contributed by atoms with E-state index in [-0.39, 0.29) is 11.6 Å². The maximum atomic E-state index is 12.0. The number of hydrogen-bond acceptors (Lipinski definition) is 4. The minimum atomic E-state index is -0.521. The van der Waals surface area contributed by atoms with E-state index in [2.05, 4.69) is 4.99 Å². The van der Waals surface area contributed by atoms with E-state index in [1.807, 2.05) is 31.2 Å². The van der Waals surface area contributed by atoms with Gasteiger partial charge in [-0.1, -0.05) is 42.3 Å². The van der Waals surface area contributed by atoms with Gasteiger partial charge in [-0.25, -0.2) is 9.79 Å². The van der Waals surface area contributed by atoms with Gasteiger partial charge in [-0.2, -0.15) is 0 Å². The molecule has 1 aliphatic heterocycles. The molecule has 0 radical (unpaired) electrons. The third-order valence-electron chi connectivity index (χ3n) is 3.44. The molecule has 2 aromatic carbocycles. The van der Waals surface area contributed by atoms with Crippen LogP contribution in [0.4, 0.5) is 0 Å². The van der Waals surface area contributed by atoms with Crippen LogP contribution in [0.15, 0.2) is 53.2 Å². The van der Waals surface area contributed by atoms with Crippen LogP contribution in [0.3, 0.4) is 0 Å². The molecule has 0 fully saturated rings. The fraction of sp³-hybridized carbons (Fsp3) is 0.158. The van der Waals surface area contributed by atoms with Crippen LogP contribution in [0, 0.1) is 0 Å². The van der Waals surface area contributed by atoms with Gasteiger partial charge in [-0.3, -0.25) is 0 Å². The standard InChI is InChI=1S/C19H15Cl2NO3/c1-2-9-24-14-6-3-12(4-7-14)10-17-19(23)25-18(22-17)15-8-5-13(20)11-16(15)21/h3-8,10-11H,2,9H2,1H3/b17-10-. The lowest BCUT2D eigenvalue weighted by Gasteiger charge is -2.04.